The fourth-order valence-electron chi connectivity index (χ4n) is 10.2. The number of hydrogen-bond donors (Lipinski definition) is 0. The summed E-state index contributed by atoms with van der Waals surface area (Å²) in [5, 5.41) is 4.62. The smallest absolute Gasteiger partial charge is 0.136 e. The van der Waals surface area contributed by atoms with E-state index in [-0.39, 0.29) is 5.41 Å². The topological polar surface area (TPSA) is 16.4 Å². The molecule has 0 radical (unpaired) electrons. The molecule has 2 heteroatoms. The minimum absolute atomic E-state index is 0.144. The zero-order chi connectivity index (χ0) is 42.1. The second-order valence-electron chi connectivity index (χ2n) is 17.2. The fourth-order valence-corrected chi connectivity index (χ4v) is 10.2. The minimum Gasteiger partial charge on any atom is -0.456 e. The van der Waals surface area contributed by atoms with Crippen LogP contribution < -0.4 is 4.90 Å². The predicted octanol–water partition coefficient (Wildman–Crippen LogP) is 17.2. The highest BCUT2D eigenvalue weighted by Gasteiger charge is 2.38. The lowest BCUT2D eigenvalue weighted by atomic mass is 9.82. The summed E-state index contributed by atoms with van der Waals surface area (Å²) in [5.74, 6) is 0. The van der Waals surface area contributed by atoms with E-state index in [4.69, 9.17) is 4.42 Å². The number of nitrogens with zero attached hydrogens (tertiary/aromatic N) is 1. The lowest BCUT2D eigenvalue weighted by molar-refractivity contribution is 0.660. The van der Waals surface area contributed by atoms with Gasteiger partial charge in [-0.15, -0.1) is 0 Å². The van der Waals surface area contributed by atoms with E-state index in [0.717, 1.165) is 50.1 Å². The van der Waals surface area contributed by atoms with Crippen molar-refractivity contribution in [1.29, 1.82) is 0 Å². The Balaban J connectivity index is 1.01. The Kier molecular flexibility index (Phi) is 8.55. The van der Waals surface area contributed by atoms with Crippen molar-refractivity contribution >= 4 is 49.8 Å². The monoisotopic (exact) mass is 805 g/mol. The average Bonchev–Trinajstić information content (AvgIpc) is 3.83. The summed E-state index contributed by atoms with van der Waals surface area (Å²) in [6, 6.07) is 81.6. The standard InChI is InChI=1S/C61H43NO/c1-61(2)53-25-12-10-23-51(53)60-54(61)26-15-28-56(60)62(46-36-34-41(35-37-46)40-30-32-43(33-31-40)48-21-9-8-20-47(48)42-16-4-3-5-17-42)55-27-13-11-22-49(55)50-24-14-29-57-59(50)52-38-44-18-6-7-19-45(44)39-58(52)63-57/h3-39H,1-2H3. The summed E-state index contributed by atoms with van der Waals surface area (Å²) in [5.41, 5.74) is 19.8. The van der Waals surface area contributed by atoms with Crippen molar-refractivity contribution < 1.29 is 4.42 Å². The summed E-state index contributed by atoms with van der Waals surface area (Å²) in [6.45, 7) is 4.71. The van der Waals surface area contributed by atoms with Gasteiger partial charge in [-0.25, -0.2) is 0 Å². The van der Waals surface area contributed by atoms with Crippen molar-refractivity contribution in [2.45, 2.75) is 19.3 Å². The maximum Gasteiger partial charge on any atom is 0.136 e. The lowest BCUT2D eigenvalue weighted by Crippen LogP contribution is -2.16. The molecule has 0 aliphatic heterocycles. The van der Waals surface area contributed by atoms with Gasteiger partial charge < -0.3 is 9.32 Å². The van der Waals surface area contributed by atoms with E-state index in [0.29, 0.717) is 0 Å². The highest BCUT2D eigenvalue weighted by Crippen LogP contribution is 2.55. The van der Waals surface area contributed by atoms with Crippen molar-refractivity contribution in [3.63, 3.8) is 0 Å². The zero-order valence-corrected chi connectivity index (χ0v) is 35.2. The van der Waals surface area contributed by atoms with Crippen LogP contribution in [0.15, 0.2) is 229 Å². The molecule has 0 amide bonds. The van der Waals surface area contributed by atoms with Crippen molar-refractivity contribution in [2.75, 3.05) is 4.90 Å². The molecule has 1 aliphatic rings. The van der Waals surface area contributed by atoms with Gasteiger partial charge in [0.05, 0.1) is 11.4 Å². The second kappa shape index (κ2) is 14.6. The Morgan fingerprint density at radius 3 is 1.63 bits per heavy atom. The summed E-state index contributed by atoms with van der Waals surface area (Å²) in [4.78, 5) is 2.48. The molecule has 1 heterocycles. The summed E-state index contributed by atoms with van der Waals surface area (Å²) < 4.78 is 6.61. The van der Waals surface area contributed by atoms with Gasteiger partial charge in [0.25, 0.3) is 0 Å². The van der Waals surface area contributed by atoms with Crippen molar-refractivity contribution in [2.24, 2.45) is 0 Å². The Labute approximate surface area is 368 Å². The third-order valence-corrected chi connectivity index (χ3v) is 13.3. The molecule has 0 N–H and O–H groups in total. The van der Waals surface area contributed by atoms with E-state index >= 15 is 0 Å². The normalized spacial score (nSPS) is 12.7. The molecule has 10 aromatic carbocycles. The number of furan rings is 1. The Morgan fingerprint density at radius 1 is 0.365 bits per heavy atom. The van der Waals surface area contributed by atoms with Crippen LogP contribution in [0, 0.1) is 0 Å². The SMILES string of the molecule is CC1(C)c2ccccc2-c2c(N(c3ccc(-c4ccc(-c5ccccc5-c5ccccc5)cc4)cc3)c3ccccc3-c3cccc4oc5cc6ccccc6cc5c34)cccc21. The minimum atomic E-state index is -0.144. The summed E-state index contributed by atoms with van der Waals surface area (Å²) in [7, 11) is 0. The molecule has 0 atom stereocenters. The van der Waals surface area contributed by atoms with Gasteiger partial charge in [0, 0.05) is 33.0 Å². The van der Waals surface area contributed by atoms with Gasteiger partial charge in [0.2, 0.25) is 0 Å². The molecule has 2 nitrogen and oxygen atoms in total. The van der Waals surface area contributed by atoms with Crippen LogP contribution >= 0.6 is 0 Å². The molecule has 12 rings (SSSR count). The molecule has 1 aromatic heterocycles. The molecular formula is C61H43NO. The molecule has 0 fully saturated rings. The lowest BCUT2D eigenvalue weighted by Gasteiger charge is -2.30. The van der Waals surface area contributed by atoms with E-state index in [9.17, 15) is 0 Å². The van der Waals surface area contributed by atoms with Crippen molar-refractivity contribution in [1.82, 2.24) is 0 Å². The van der Waals surface area contributed by atoms with Gasteiger partial charge in [-0.1, -0.05) is 196 Å². The van der Waals surface area contributed by atoms with E-state index in [2.05, 4.69) is 243 Å². The zero-order valence-electron chi connectivity index (χ0n) is 35.2. The van der Waals surface area contributed by atoms with E-state index in [1.165, 1.54) is 66.4 Å². The van der Waals surface area contributed by atoms with Crippen LogP contribution in [-0.4, -0.2) is 0 Å². The molecule has 0 bridgehead atoms. The Hall–Kier alpha value is -7.94. The largest absolute Gasteiger partial charge is 0.456 e. The molecule has 0 saturated carbocycles. The third-order valence-electron chi connectivity index (χ3n) is 13.3. The van der Waals surface area contributed by atoms with Crippen LogP contribution in [0.5, 0.6) is 0 Å². The van der Waals surface area contributed by atoms with Crippen molar-refractivity contribution in [3.8, 4) is 55.6 Å². The van der Waals surface area contributed by atoms with Crippen LogP contribution in [0.3, 0.4) is 0 Å². The highest BCUT2D eigenvalue weighted by atomic mass is 16.3. The molecule has 298 valence electrons. The van der Waals surface area contributed by atoms with Crippen LogP contribution in [0.4, 0.5) is 17.1 Å². The maximum atomic E-state index is 6.61. The summed E-state index contributed by atoms with van der Waals surface area (Å²) in [6.07, 6.45) is 0. The molecule has 11 aromatic rings. The van der Waals surface area contributed by atoms with Crippen LogP contribution in [0.1, 0.15) is 25.0 Å². The Bertz CT molecular complexity index is 3520. The third kappa shape index (κ3) is 6.02. The molecule has 0 spiro atoms. The first-order valence-corrected chi connectivity index (χ1v) is 21.8. The van der Waals surface area contributed by atoms with E-state index in [1.54, 1.807) is 0 Å². The number of benzene rings is 10. The second-order valence-corrected chi connectivity index (χ2v) is 17.2. The van der Waals surface area contributed by atoms with Crippen LogP contribution in [0.2, 0.25) is 0 Å². The summed E-state index contributed by atoms with van der Waals surface area (Å²) >= 11 is 0. The van der Waals surface area contributed by atoms with E-state index in [1.807, 2.05) is 0 Å². The number of rotatable bonds is 7. The first kappa shape index (κ1) is 36.9. The first-order valence-electron chi connectivity index (χ1n) is 21.8. The number of fused-ring (bicyclic) bond motifs is 7. The Morgan fingerprint density at radius 2 is 0.889 bits per heavy atom. The first-order chi connectivity index (χ1) is 31.0. The van der Waals surface area contributed by atoms with Gasteiger partial charge in [0.1, 0.15) is 11.2 Å². The van der Waals surface area contributed by atoms with Gasteiger partial charge in [-0.2, -0.15) is 0 Å². The molecule has 1 aliphatic carbocycles. The molecule has 0 unspecified atom stereocenters. The van der Waals surface area contributed by atoms with Crippen molar-refractivity contribution in [3.05, 3.63) is 236 Å². The molecule has 0 saturated heterocycles. The number of hydrogen-bond acceptors (Lipinski definition) is 2. The maximum absolute atomic E-state index is 6.61. The van der Waals surface area contributed by atoms with Gasteiger partial charge in [-0.3, -0.25) is 0 Å². The van der Waals surface area contributed by atoms with Crippen LogP contribution in [0.25, 0.3) is 88.3 Å². The molecule has 63 heavy (non-hydrogen) atoms. The average molecular weight is 806 g/mol. The number of anilines is 3. The highest BCUT2D eigenvalue weighted by molar-refractivity contribution is 6.17. The predicted molar refractivity (Wildman–Crippen MR) is 265 cm³/mol. The number of para-hydroxylation sites is 1. The molecular weight excluding hydrogens is 763 g/mol. The van der Waals surface area contributed by atoms with Gasteiger partial charge in [-0.05, 0) is 109 Å². The van der Waals surface area contributed by atoms with Crippen LogP contribution in [-0.2, 0) is 5.41 Å². The fraction of sp³-hybridized carbons (Fsp3) is 0.0492. The van der Waals surface area contributed by atoms with Gasteiger partial charge in [0.15, 0.2) is 0 Å². The quantitative estimate of drug-likeness (QED) is 0.160. The van der Waals surface area contributed by atoms with E-state index < -0.39 is 0 Å². The van der Waals surface area contributed by atoms with Gasteiger partial charge >= 0.3 is 0 Å².